The zero-order valence-corrected chi connectivity index (χ0v) is 56.9. The summed E-state index contributed by atoms with van der Waals surface area (Å²) in [6, 6.07) is 1.50. The standard InChI is InChI=1S/C10H22.C9H19N.C9H18.C7H18Si.C6H10.C6H14.C6H10.C5H13N.C5H10.C4H10.3CH4/c1-9(2,3)7-8-10(4,5)6;1-8(2)6-7-9(3,4)10(8)5;1-8(2)5-6-9(3,4)7-8;1-5-6-7-8(2,3)4;1-5-3-4-6(5)2;2*1-3-5-6-4-2;1-4-5-6(2)3;1-5(2)3-4-5;1-3-4-2;;;/h7-8H2,1-6H3;6-7H2,1-5H3;5-7H2,1-4H3;5-7H2,1-4H3;3-4H2,1-2H3;3-6H2,1-2H3;3,5H2,1-2H3;4-5H2,1-3H3;3-4H2,1-2H3;3-4H2,1-2H3;3*1H4. The Morgan fingerprint density at radius 1 is 0.507 bits per heavy atom. The zero-order chi connectivity index (χ0) is 56.7. The van der Waals surface area contributed by atoms with Gasteiger partial charge in [0.05, 0.1) is 0 Å². The molecule has 0 bridgehead atoms. The summed E-state index contributed by atoms with van der Waals surface area (Å²) in [5.41, 5.74) is 7.07. The van der Waals surface area contributed by atoms with Crippen LogP contribution in [0.5, 0.6) is 0 Å². The van der Waals surface area contributed by atoms with Crippen molar-refractivity contribution >= 4 is 8.07 Å². The molecule has 4 aliphatic rings. The van der Waals surface area contributed by atoms with Crippen LogP contribution in [0.4, 0.5) is 0 Å². The normalized spacial score (nSPS) is 17.5. The third-order valence-electron chi connectivity index (χ3n) is 14.0. The number of hydrogen-bond donors (Lipinski definition) is 0. The highest BCUT2D eigenvalue weighted by molar-refractivity contribution is 6.76. The molecule has 3 heteroatoms. The first-order valence-corrected chi connectivity index (χ1v) is 33.7. The molecule has 0 aromatic carbocycles. The highest BCUT2D eigenvalue weighted by Crippen LogP contribution is 2.48. The van der Waals surface area contributed by atoms with Crippen molar-refractivity contribution in [3.8, 4) is 11.8 Å². The van der Waals surface area contributed by atoms with Gasteiger partial charge in [-0.15, -0.1) is 11.8 Å². The van der Waals surface area contributed by atoms with Crippen LogP contribution in [0.15, 0.2) is 11.1 Å². The molecular formula is C70H156N2Si. The van der Waals surface area contributed by atoms with Crippen LogP contribution in [-0.4, -0.2) is 56.6 Å². The minimum atomic E-state index is -0.678. The molecule has 2 nitrogen and oxygen atoms in total. The number of rotatable bonds is 11. The van der Waals surface area contributed by atoms with Gasteiger partial charge in [-0.1, -0.05) is 242 Å². The SMILES string of the molecule is C.C.C.CC#CCCC.CC(C)(C)CCC(C)(C)C.CC1(C)CC1.CC1(C)CCC(C)(C)C1.CC1=C(C)CC1.CCCC.CCCCCC.CCCC[Si](C)(C)C.CCCN(C)C.CN1C(C)(C)CCC1(C)C. The Labute approximate surface area is 473 Å². The van der Waals surface area contributed by atoms with Gasteiger partial charge in [-0.2, -0.15) is 0 Å². The van der Waals surface area contributed by atoms with E-state index >= 15 is 0 Å². The lowest BCUT2D eigenvalue weighted by molar-refractivity contribution is 0.115. The van der Waals surface area contributed by atoms with Crippen LogP contribution in [0, 0.1) is 38.9 Å². The van der Waals surface area contributed by atoms with Gasteiger partial charge in [-0.05, 0) is 187 Å². The van der Waals surface area contributed by atoms with Crippen LogP contribution in [-0.2, 0) is 0 Å². The Hall–Kier alpha value is -0.563. The third-order valence-corrected chi connectivity index (χ3v) is 15.9. The number of likely N-dealkylation sites (tertiary alicyclic amines) is 1. The molecule has 0 amide bonds. The summed E-state index contributed by atoms with van der Waals surface area (Å²) in [7, 11) is 5.72. The minimum Gasteiger partial charge on any atom is -0.309 e. The number of hydrogen-bond acceptors (Lipinski definition) is 2. The third kappa shape index (κ3) is 75.7. The predicted octanol–water partition coefficient (Wildman–Crippen LogP) is 25.5. The average Bonchev–Trinajstić information content (AvgIpc) is 3.81. The van der Waals surface area contributed by atoms with Gasteiger partial charge in [0.25, 0.3) is 0 Å². The largest absolute Gasteiger partial charge is 0.309 e. The first-order valence-electron chi connectivity index (χ1n) is 30.0. The lowest BCUT2D eigenvalue weighted by atomic mass is 9.81. The molecular weight excluding hydrogens is 897 g/mol. The topological polar surface area (TPSA) is 6.48 Å². The van der Waals surface area contributed by atoms with Gasteiger partial charge in [0.15, 0.2) is 0 Å². The minimum absolute atomic E-state index is 0. The van der Waals surface area contributed by atoms with Gasteiger partial charge >= 0.3 is 0 Å². The molecule has 0 aromatic rings. The quantitative estimate of drug-likeness (QED) is 0.0881. The molecule has 0 aromatic heterocycles. The average molecular weight is 1050 g/mol. The predicted molar refractivity (Wildman–Crippen MR) is 356 cm³/mol. The maximum Gasteiger partial charge on any atom is 0.0442 e. The summed E-state index contributed by atoms with van der Waals surface area (Å²) < 4.78 is 0. The van der Waals surface area contributed by atoms with E-state index in [1.54, 1.807) is 11.1 Å². The molecule has 1 saturated heterocycles. The number of allylic oxidation sites excluding steroid dienone is 2. The molecule has 4 rings (SSSR count). The van der Waals surface area contributed by atoms with E-state index in [9.17, 15) is 0 Å². The smallest absolute Gasteiger partial charge is 0.0442 e. The lowest BCUT2D eigenvalue weighted by Crippen LogP contribution is -2.44. The van der Waals surface area contributed by atoms with Crippen LogP contribution in [0.3, 0.4) is 0 Å². The maximum absolute atomic E-state index is 2.95. The van der Waals surface area contributed by atoms with E-state index in [0.717, 1.165) is 11.8 Å². The number of unbranched alkanes of at least 4 members (excludes halogenated alkanes) is 6. The van der Waals surface area contributed by atoms with Crippen molar-refractivity contribution in [2.24, 2.45) is 27.1 Å². The highest BCUT2D eigenvalue weighted by Gasteiger charge is 2.41. The molecule has 3 fully saturated rings. The summed E-state index contributed by atoms with van der Waals surface area (Å²) in [6.45, 7) is 67.4. The van der Waals surface area contributed by atoms with Crippen molar-refractivity contribution in [2.75, 3.05) is 27.7 Å². The van der Waals surface area contributed by atoms with Crippen molar-refractivity contribution < 1.29 is 0 Å². The Morgan fingerprint density at radius 3 is 0.918 bits per heavy atom. The second-order valence-corrected chi connectivity index (χ2v) is 35.0. The van der Waals surface area contributed by atoms with Crippen LogP contribution >= 0.6 is 0 Å². The van der Waals surface area contributed by atoms with Crippen molar-refractivity contribution in [1.29, 1.82) is 0 Å². The van der Waals surface area contributed by atoms with Crippen LogP contribution in [0.2, 0.25) is 25.7 Å². The van der Waals surface area contributed by atoms with Crippen molar-refractivity contribution in [3.63, 3.8) is 0 Å². The van der Waals surface area contributed by atoms with Gasteiger partial charge in [0.2, 0.25) is 0 Å². The summed E-state index contributed by atoms with van der Waals surface area (Å²) in [6.07, 6.45) is 29.6. The number of nitrogens with zero attached hydrogens (tertiary/aromatic N) is 2. The zero-order valence-electron chi connectivity index (χ0n) is 55.9. The molecule has 0 N–H and O–H groups in total. The van der Waals surface area contributed by atoms with E-state index in [-0.39, 0.29) is 22.3 Å². The summed E-state index contributed by atoms with van der Waals surface area (Å²) in [5, 5.41) is 0. The summed E-state index contributed by atoms with van der Waals surface area (Å²) in [4.78, 5) is 4.67. The van der Waals surface area contributed by atoms with Gasteiger partial charge < -0.3 is 4.90 Å². The molecule has 0 atom stereocenters. The van der Waals surface area contributed by atoms with Gasteiger partial charge in [-0.3, -0.25) is 4.90 Å². The second kappa shape index (κ2) is 48.6. The Balaban J connectivity index is -0.0000000896. The highest BCUT2D eigenvalue weighted by atomic mass is 28.3. The van der Waals surface area contributed by atoms with E-state index in [0.29, 0.717) is 32.7 Å². The lowest BCUT2D eigenvalue weighted by Gasteiger charge is -2.36. The molecule has 1 heterocycles. The van der Waals surface area contributed by atoms with E-state index in [4.69, 9.17) is 0 Å². The van der Waals surface area contributed by atoms with Crippen molar-refractivity contribution in [1.82, 2.24) is 9.80 Å². The van der Waals surface area contributed by atoms with E-state index in [1.165, 1.54) is 147 Å². The molecule has 0 unspecified atom stereocenters. The molecule has 2 saturated carbocycles. The molecule has 450 valence electrons. The van der Waals surface area contributed by atoms with Gasteiger partial charge in [0, 0.05) is 25.6 Å². The van der Waals surface area contributed by atoms with Crippen LogP contribution in [0.25, 0.3) is 0 Å². The Kier molecular flexibility index (Phi) is 61.1. The fourth-order valence-electron chi connectivity index (χ4n) is 7.44. The van der Waals surface area contributed by atoms with Crippen LogP contribution in [0.1, 0.15) is 344 Å². The molecule has 73 heavy (non-hydrogen) atoms. The molecule has 0 radical (unpaired) electrons. The second-order valence-electron chi connectivity index (χ2n) is 29.4. The molecule has 3 aliphatic carbocycles. The fourth-order valence-corrected chi connectivity index (χ4v) is 8.86. The van der Waals surface area contributed by atoms with E-state index in [2.05, 4.69) is 236 Å². The first kappa shape index (κ1) is 91.9. The molecule has 0 spiro atoms. The van der Waals surface area contributed by atoms with Crippen molar-refractivity contribution in [3.05, 3.63) is 11.1 Å². The van der Waals surface area contributed by atoms with E-state index in [1.807, 2.05) is 6.92 Å². The Morgan fingerprint density at radius 2 is 0.836 bits per heavy atom. The Bertz CT molecular complexity index is 1180. The van der Waals surface area contributed by atoms with Crippen LogP contribution < -0.4 is 0 Å². The summed E-state index contributed by atoms with van der Waals surface area (Å²) >= 11 is 0. The van der Waals surface area contributed by atoms with Gasteiger partial charge in [0.1, 0.15) is 0 Å². The maximum atomic E-state index is 2.95. The van der Waals surface area contributed by atoms with Crippen molar-refractivity contribution in [2.45, 2.75) is 380 Å². The van der Waals surface area contributed by atoms with E-state index < -0.39 is 8.07 Å². The summed E-state index contributed by atoms with van der Waals surface area (Å²) in [5.74, 6) is 5.77. The first-order chi connectivity index (χ1) is 31.6. The monoisotopic (exact) mass is 1050 g/mol. The molecule has 1 aliphatic heterocycles. The van der Waals surface area contributed by atoms with Gasteiger partial charge in [-0.25, -0.2) is 0 Å². The fraction of sp³-hybridized carbons (Fsp3) is 0.943.